The van der Waals surface area contributed by atoms with Gasteiger partial charge in [-0.25, -0.2) is 9.37 Å². The largest absolute Gasteiger partial charge is 0.482 e. The molecule has 8 heteroatoms. The summed E-state index contributed by atoms with van der Waals surface area (Å²) in [6.45, 7) is 0.0251. The number of carbonyl (C=O) groups is 1. The molecule has 126 valence electrons. The van der Waals surface area contributed by atoms with Crippen LogP contribution in [-0.2, 0) is 4.79 Å². The van der Waals surface area contributed by atoms with Crippen molar-refractivity contribution >= 4 is 45.4 Å². The average molecular weight is 376 g/mol. The van der Waals surface area contributed by atoms with Gasteiger partial charge in [0.2, 0.25) is 0 Å². The normalized spacial score (nSPS) is 13.0. The van der Waals surface area contributed by atoms with Crippen LogP contribution in [0.3, 0.4) is 0 Å². The first kappa shape index (κ1) is 15.9. The molecule has 1 aromatic heterocycles. The first-order valence-corrected chi connectivity index (χ1v) is 8.59. The highest BCUT2D eigenvalue weighted by Gasteiger charge is 2.17. The van der Waals surface area contributed by atoms with Crippen molar-refractivity contribution in [1.29, 1.82) is 0 Å². The van der Waals surface area contributed by atoms with E-state index in [-0.39, 0.29) is 17.5 Å². The number of anilines is 3. The second kappa shape index (κ2) is 6.34. The molecule has 0 aliphatic carbocycles. The van der Waals surface area contributed by atoms with Gasteiger partial charge in [0.15, 0.2) is 11.7 Å². The minimum atomic E-state index is -0.467. The maximum atomic E-state index is 13.2. The van der Waals surface area contributed by atoms with Crippen molar-refractivity contribution in [2.75, 3.05) is 17.2 Å². The second-order valence-corrected chi connectivity index (χ2v) is 6.60. The van der Waals surface area contributed by atoms with Crippen LogP contribution in [-0.4, -0.2) is 17.5 Å². The highest BCUT2D eigenvalue weighted by Crippen LogP contribution is 2.34. The number of nitrogens with one attached hydrogen (secondary N) is 2. The number of carbonyl (C=O) groups excluding carboxylic acids is 1. The number of aromatic nitrogens is 1. The number of hydrogen-bond acceptors (Lipinski definition) is 5. The molecule has 1 aliphatic rings. The fourth-order valence-electron chi connectivity index (χ4n) is 2.40. The summed E-state index contributed by atoms with van der Waals surface area (Å²) in [6.07, 6.45) is 0. The van der Waals surface area contributed by atoms with E-state index in [4.69, 9.17) is 16.3 Å². The maximum absolute atomic E-state index is 13.2. The molecule has 1 amide bonds. The number of ether oxygens (including phenoxy) is 1. The Morgan fingerprint density at radius 2 is 2.16 bits per heavy atom. The number of halogens is 2. The molecule has 1 aliphatic heterocycles. The van der Waals surface area contributed by atoms with Crippen molar-refractivity contribution in [3.8, 4) is 17.0 Å². The number of amides is 1. The van der Waals surface area contributed by atoms with Gasteiger partial charge >= 0.3 is 0 Å². The molecule has 2 heterocycles. The molecule has 3 aromatic rings. The minimum Gasteiger partial charge on any atom is -0.482 e. The Hall–Kier alpha value is -2.64. The number of benzene rings is 2. The molecular weight excluding hydrogens is 365 g/mol. The van der Waals surface area contributed by atoms with Crippen LogP contribution >= 0.6 is 22.9 Å². The van der Waals surface area contributed by atoms with Crippen LogP contribution in [0.5, 0.6) is 5.75 Å². The number of nitrogens with zero attached hydrogens (tertiary/aromatic N) is 1. The molecule has 4 rings (SSSR count). The molecule has 0 saturated carbocycles. The van der Waals surface area contributed by atoms with Gasteiger partial charge in [0.25, 0.3) is 5.91 Å². The Bertz CT molecular complexity index is 976. The first-order chi connectivity index (χ1) is 12.1. The first-order valence-electron chi connectivity index (χ1n) is 7.33. The van der Waals surface area contributed by atoms with Gasteiger partial charge in [-0.2, -0.15) is 0 Å². The van der Waals surface area contributed by atoms with Gasteiger partial charge in [-0.1, -0.05) is 11.6 Å². The fourth-order valence-corrected chi connectivity index (χ4v) is 3.32. The van der Waals surface area contributed by atoms with E-state index in [0.29, 0.717) is 22.3 Å². The number of thiazole rings is 1. The Labute approximate surface area is 151 Å². The van der Waals surface area contributed by atoms with E-state index in [2.05, 4.69) is 15.6 Å². The summed E-state index contributed by atoms with van der Waals surface area (Å²) in [5.74, 6) is -0.0123. The summed E-state index contributed by atoms with van der Waals surface area (Å²) >= 11 is 7.19. The van der Waals surface area contributed by atoms with Crippen molar-refractivity contribution in [2.24, 2.45) is 0 Å². The van der Waals surface area contributed by atoms with Crippen molar-refractivity contribution < 1.29 is 13.9 Å². The number of fused-ring (bicyclic) bond motifs is 1. The van der Waals surface area contributed by atoms with Gasteiger partial charge in [-0.05, 0) is 36.4 Å². The lowest BCUT2D eigenvalue weighted by molar-refractivity contribution is -0.118. The fraction of sp³-hybridized carbons (Fsp3) is 0.0588. The third-order valence-corrected chi connectivity index (χ3v) is 4.63. The van der Waals surface area contributed by atoms with Crippen LogP contribution in [0.2, 0.25) is 5.02 Å². The molecule has 0 radical (unpaired) electrons. The van der Waals surface area contributed by atoms with Crippen LogP contribution in [0, 0.1) is 5.82 Å². The predicted octanol–water partition coefficient (Wildman–Crippen LogP) is 4.68. The smallest absolute Gasteiger partial charge is 0.262 e. The van der Waals surface area contributed by atoms with Gasteiger partial charge in [-0.3, -0.25) is 4.79 Å². The summed E-state index contributed by atoms with van der Waals surface area (Å²) in [5.41, 5.74) is 2.88. The number of hydrogen-bond donors (Lipinski definition) is 2. The molecule has 0 saturated heterocycles. The van der Waals surface area contributed by atoms with Gasteiger partial charge in [0, 0.05) is 16.6 Å². The topological polar surface area (TPSA) is 63.2 Å². The quantitative estimate of drug-likeness (QED) is 0.697. The van der Waals surface area contributed by atoms with Crippen molar-refractivity contribution in [3.63, 3.8) is 0 Å². The minimum absolute atomic E-state index is 0.0251. The predicted molar refractivity (Wildman–Crippen MR) is 96.4 cm³/mol. The van der Waals surface area contributed by atoms with E-state index in [9.17, 15) is 9.18 Å². The van der Waals surface area contributed by atoms with Crippen LogP contribution in [0.1, 0.15) is 0 Å². The Kier molecular flexibility index (Phi) is 4.03. The van der Waals surface area contributed by atoms with Gasteiger partial charge < -0.3 is 15.4 Å². The SMILES string of the molecule is O=C1COc2ccc(-c3csc(Nc4ccc(F)c(Cl)c4)n3)cc2N1. The number of rotatable bonds is 3. The van der Waals surface area contributed by atoms with Crippen LogP contribution in [0.25, 0.3) is 11.3 Å². The van der Waals surface area contributed by atoms with Gasteiger partial charge in [0.05, 0.1) is 16.4 Å². The molecule has 2 aromatic carbocycles. The molecule has 25 heavy (non-hydrogen) atoms. The van der Waals surface area contributed by atoms with E-state index in [1.54, 1.807) is 12.1 Å². The van der Waals surface area contributed by atoms with Crippen LogP contribution < -0.4 is 15.4 Å². The molecule has 0 atom stereocenters. The van der Waals surface area contributed by atoms with Crippen LogP contribution in [0.15, 0.2) is 41.8 Å². The zero-order valence-electron chi connectivity index (χ0n) is 12.7. The Morgan fingerprint density at radius 3 is 3.00 bits per heavy atom. The molecular formula is C17H11ClFN3O2S. The lowest BCUT2D eigenvalue weighted by Crippen LogP contribution is -2.25. The monoisotopic (exact) mass is 375 g/mol. The molecule has 0 bridgehead atoms. The van der Waals surface area contributed by atoms with Crippen molar-refractivity contribution in [3.05, 3.63) is 52.6 Å². The Balaban J connectivity index is 1.58. The highest BCUT2D eigenvalue weighted by molar-refractivity contribution is 7.14. The van der Waals surface area contributed by atoms with E-state index in [0.717, 1.165) is 11.3 Å². The third-order valence-electron chi connectivity index (χ3n) is 3.58. The summed E-state index contributed by atoms with van der Waals surface area (Å²) in [5, 5.41) is 8.45. The van der Waals surface area contributed by atoms with Crippen LogP contribution in [0.4, 0.5) is 20.9 Å². The highest BCUT2D eigenvalue weighted by atomic mass is 35.5. The third kappa shape index (κ3) is 3.29. The van der Waals surface area contributed by atoms with Gasteiger partial charge in [0.1, 0.15) is 11.6 Å². The zero-order chi connectivity index (χ0) is 17.4. The summed E-state index contributed by atoms with van der Waals surface area (Å²) in [6, 6.07) is 9.89. The lowest BCUT2D eigenvalue weighted by Gasteiger charge is -2.18. The molecule has 0 fully saturated rings. The summed E-state index contributed by atoms with van der Waals surface area (Å²) in [4.78, 5) is 15.9. The standard InChI is InChI=1S/C17H11ClFN3O2S/c18-11-6-10(2-3-12(11)19)20-17-22-14(8-25-17)9-1-4-15-13(5-9)21-16(23)7-24-15/h1-6,8H,7H2,(H,20,22)(H,21,23). The maximum Gasteiger partial charge on any atom is 0.262 e. The summed E-state index contributed by atoms with van der Waals surface area (Å²) in [7, 11) is 0. The lowest BCUT2D eigenvalue weighted by atomic mass is 10.1. The van der Waals surface area contributed by atoms with Crippen molar-refractivity contribution in [1.82, 2.24) is 4.98 Å². The average Bonchev–Trinajstić information content (AvgIpc) is 3.06. The van der Waals surface area contributed by atoms with Gasteiger partial charge in [-0.15, -0.1) is 11.3 Å². The Morgan fingerprint density at radius 1 is 1.28 bits per heavy atom. The van der Waals surface area contributed by atoms with Crippen molar-refractivity contribution in [2.45, 2.75) is 0 Å². The molecule has 0 unspecified atom stereocenters. The summed E-state index contributed by atoms with van der Waals surface area (Å²) < 4.78 is 18.6. The second-order valence-electron chi connectivity index (χ2n) is 5.34. The molecule has 2 N–H and O–H groups in total. The van der Waals surface area contributed by atoms with E-state index >= 15 is 0 Å². The van der Waals surface area contributed by atoms with E-state index in [1.165, 1.54) is 23.5 Å². The van der Waals surface area contributed by atoms with E-state index in [1.807, 2.05) is 17.5 Å². The van der Waals surface area contributed by atoms with E-state index < -0.39 is 5.82 Å². The zero-order valence-corrected chi connectivity index (χ0v) is 14.2. The molecule has 5 nitrogen and oxygen atoms in total. The molecule has 0 spiro atoms.